The van der Waals surface area contributed by atoms with Crippen LogP contribution in [0.1, 0.15) is 0 Å². The third kappa shape index (κ3) is 1.62. The zero-order chi connectivity index (χ0) is 9.14. The van der Waals surface area contributed by atoms with Crippen LogP contribution in [-0.4, -0.2) is 16.4 Å². The topological polar surface area (TPSA) is 92.0 Å². The maximum atomic E-state index is 10.8. The SMILES string of the molecule is O=COc1[nH]c(=O)[nH]c(=O)c1Br. The zero-order valence-electron chi connectivity index (χ0n) is 5.59. The highest BCUT2D eigenvalue weighted by molar-refractivity contribution is 9.10. The van der Waals surface area contributed by atoms with Gasteiger partial charge in [0.05, 0.1) is 0 Å². The summed E-state index contributed by atoms with van der Waals surface area (Å²) in [5.41, 5.74) is -1.39. The van der Waals surface area contributed by atoms with Crippen molar-refractivity contribution in [2.75, 3.05) is 0 Å². The molecule has 2 N–H and O–H groups in total. The van der Waals surface area contributed by atoms with Crippen LogP contribution in [-0.2, 0) is 4.79 Å². The molecule has 0 unspecified atom stereocenters. The fourth-order valence-electron chi connectivity index (χ4n) is 0.580. The Bertz CT molecular complexity index is 407. The lowest BCUT2D eigenvalue weighted by molar-refractivity contribution is -0.121. The molecule has 1 rings (SSSR count). The highest BCUT2D eigenvalue weighted by atomic mass is 79.9. The van der Waals surface area contributed by atoms with Crippen molar-refractivity contribution in [3.05, 3.63) is 25.3 Å². The summed E-state index contributed by atoms with van der Waals surface area (Å²) < 4.78 is 4.26. The minimum Gasteiger partial charge on any atom is -0.410 e. The molecule has 0 aliphatic heterocycles. The third-order valence-electron chi connectivity index (χ3n) is 1.02. The van der Waals surface area contributed by atoms with Gasteiger partial charge in [0.1, 0.15) is 4.47 Å². The van der Waals surface area contributed by atoms with Gasteiger partial charge in [-0.1, -0.05) is 0 Å². The first kappa shape index (κ1) is 8.72. The summed E-state index contributed by atoms with van der Waals surface area (Å²) >= 11 is 2.82. The van der Waals surface area contributed by atoms with Crippen molar-refractivity contribution in [3.63, 3.8) is 0 Å². The van der Waals surface area contributed by atoms with E-state index in [9.17, 15) is 14.4 Å². The lowest BCUT2D eigenvalue weighted by atomic mass is 10.6. The quantitative estimate of drug-likeness (QED) is 0.667. The molecule has 1 aromatic heterocycles. The van der Waals surface area contributed by atoms with E-state index < -0.39 is 11.2 Å². The summed E-state index contributed by atoms with van der Waals surface area (Å²) in [5, 5.41) is 0. The number of H-pyrrole nitrogens is 2. The van der Waals surface area contributed by atoms with Crippen molar-refractivity contribution in [1.82, 2.24) is 9.97 Å². The van der Waals surface area contributed by atoms with E-state index in [-0.39, 0.29) is 16.8 Å². The Morgan fingerprint density at radius 2 is 2.00 bits per heavy atom. The molecule has 7 heteroatoms. The molecule has 0 aliphatic carbocycles. The predicted molar refractivity (Wildman–Crippen MR) is 42.1 cm³/mol. The van der Waals surface area contributed by atoms with Gasteiger partial charge in [-0.3, -0.25) is 19.6 Å². The van der Waals surface area contributed by atoms with E-state index in [1.165, 1.54) is 0 Å². The Hall–Kier alpha value is -1.37. The van der Waals surface area contributed by atoms with E-state index >= 15 is 0 Å². The first-order chi connectivity index (χ1) is 5.65. The Labute approximate surface area is 73.7 Å². The van der Waals surface area contributed by atoms with Crippen molar-refractivity contribution < 1.29 is 9.53 Å². The van der Waals surface area contributed by atoms with Crippen LogP contribution in [0.2, 0.25) is 0 Å². The normalized spacial score (nSPS) is 9.42. The smallest absolute Gasteiger partial charge is 0.328 e. The van der Waals surface area contributed by atoms with Crippen LogP contribution >= 0.6 is 15.9 Å². The lowest BCUT2D eigenvalue weighted by Gasteiger charge is -1.97. The molecule has 0 spiro atoms. The van der Waals surface area contributed by atoms with Gasteiger partial charge < -0.3 is 4.74 Å². The van der Waals surface area contributed by atoms with Crippen LogP contribution in [0.3, 0.4) is 0 Å². The molecule has 0 bridgehead atoms. The fraction of sp³-hybridized carbons (Fsp3) is 0. The molecule has 1 heterocycles. The molecular formula is C5H3BrN2O4. The van der Waals surface area contributed by atoms with Gasteiger partial charge in [-0.15, -0.1) is 0 Å². The first-order valence-corrected chi connectivity index (χ1v) is 3.57. The molecule has 1 aromatic rings. The van der Waals surface area contributed by atoms with Crippen LogP contribution in [0.15, 0.2) is 14.1 Å². The molecule has 0 fully saturated rings. The summed E-state index contributed by atoms with van der Waals surface area (Å²) in [6, 6.07) is 0. The second-order valence-electron chi connectivity index (χ2n) is 1.77. The monoisotopic (exact) mass is 234 g/mol. The number of aromatic nitrogens is 2. The molecule has 0 aromatic carbocycles. The number of ether oxygens (including phenoxy) is 1. The third-order valence-corrected chi connectivity index (χ3v) is 1.74. The van der Waals surface area contributed by atoms with Gasteiger partial charge in [-0.05, 0) is 15.9 Å². The molecule has 12 heavy (non-hydrogen) atoms. The second kappa shape index (κ2) is 3.35. The number of nitrogens with one attached hydrogen (secondary N) is 2. The van der Waals surface area contributed by atoms with Gasteiger partial charge >= 0.3 is 5.69 Å². The number of halogens is 1. The minimum absolute atomic E-state index is 0.0331. The average Bonchev–Trinajstić information content (AvgIpc) is 2.00. The lowest BCUT2D eigenvalue weighted by Crippen LogP contribution is -2.23. The Kier molecular flexibility index (Phi) is 2.44. The van der Waals surface area contributed by atoms with Crippen LogP contribution < -0.4 is 16.0 Å². The summed E-state index contributed by atoms with van der Waals surface area (Å²) in [6.07, 6.45) is 0. The van der Waals surface area contributed by atoms with Crippen molar-refractivity contribution in [1.29, 1.82) is 0 Å². The predicted octanol–water partition coefficient (Wildman–Crippen LogP) is -0.639. The van der Waals surface area contributed by atoms with E-state index in [4.69, 9.17) is 0 Å². The Morgan fingerprint density at radius 1 is 1.33 bits per heavy atom. The van der Waals surface area contributed by atoms with Crippen molar-refractivity contribution in [3.8, 4) is 5.88 Å². The second-order valence-corrected chi connectivity index (χ2v) is 2.56. The van der Waals surface area contributed by atoms with Gasteiger partial charge in [0.2, 0.25) is 5.88 Å². The highest BCUT2D eigenvalue weighted by Crippen LogP contribution is 2.13. The van der Waals surface area contributed by atoms with E-state index in [1.54, 1.807) is 0 Å². The maximum absolute atomic E-state index is 10.8. The van der Waals surface area contributed by atoms with E-state index in [0.717, 1.165) is 0 Å². The van der Waals surface area contributed by atoms with Crippen LogP contribution in [0.25, 0.3) is 0 Å². The van der Waals surface area contributed by atoms with E-state index in [0.29, 0.717) is 0 Å². The molecule has 6 nitrogen and oxygen atoms in total. The maximum Gasteiger partial charge on any atom is 0.328 e. The number of carbonyl (C=O) groups is 1. The molecule has 0 aliphatic rings. The molecule has 0 radical (unpaired) electrons. The molecule has 0 saturated carbocycles. The minimum atomic E-state index is -0.736. The largest absolute Gasteiger partial charge is 0.410 e. The summed E-state index contributed by atoms with van der Waals surface area (Å²) in [7, 11) is 0. The molecule has 0 saturated heterocycles. The van der Waals surface area contributed by atoms with Crippen LogP contribution in [0, 0.1) is 0 Å². The van der Waals surface area contributed by atoms with Crippen LogP contribution in [0.4, 0.5) is 0 Å². The summed E-state index contributed by atoms with van der Waals surface area (Å²) in [6.45, 7) is 0.107. The van der Waals surface area contributed by atoms with Gasteiger partial charge in [-0.2, -0.15) is 0 Å². The van der Waals surface area contributed by atoms with Crippen molar-refractivity contribution >= 4 is 22.4 Å². The molecule has 0 atom stereocenters. The van der Waals surface area contributed by atoms with Gasteiger partial charge in [0.15, 0.2) is 0 Å². The summed E-state index contributed by atoms with van der Waals surface area (Å²) in [4.78, 5) is 35.3. The standard InChI is InChI=1S/C5H3BrN2O4/c6-2-3(10)7-5(11)8-4(2)12-1-9/h1H,(H2,7,8,10,11). The van der Waals surface area contributed by atoms with E-state index in [1.807, 2.05) is 4.98 Å². The number of hydrogen-bond donors (Lipinski definition) is 2. The van der Waals surface area contributed by atoms with Gasteiger partial charge in [0.25, 0.3) is 12.0 Å². The number of carbonyl (C=O) groups excluding carboxylic acids is 1. The Balaban J connectivity index is 3.37. The van der Waals surface area contributed by atoms with Gasteiger partial charge in [-0.25, -0.2) is 4.79 Å². The van der Waals surface area contributed by atoms with Gasteiger partial charge in [0, 0.05) is 0 Å². The van der Waals surface area contributed by atoms with Crippen molar-refractivity contribution in [2.45, 2.75) is 0 Å². The van der Waals surface area contributed by atoms with E-state index in [2.05, 4.69) is 25.7 Å². The number of aromatic amines is 2. The highest BCUT2D eigenvalue weighted by Gasteiger charge is 2.06. The summed E-state index contributed by atoms with van der Waals surface area (Å²) in [5.74, 6) is -0.209. The fourth-order valence-corrected chi connectivity index (χ4v) is 0.871. The van der Waals surface area contributed by atoms with Crippen molar-refractivity contribution in [2.24, 2.45) is 0 Å². The van der Waals surface area contributed by atoms with Crippen LogP contribution in [0.5, 0.6) is 5.88 Å². The average molecular weight is 235 g/mol. The number of rotatable bonds is 2. The zero-order valence-corrected chi connectivity index (χ0v) is 7.17. The molecule has 64 valence electrons. The molecular weight excluding hydrogens is 232 g/mol. The number of hydrogen-bond acceptors (Lipinski definition) is 4. The Morgan fingerprint density at radius 3 is 2.58 bits per heavy atom. The molecule has 0 amide bonds. The first-order valence-electron chi connectivity index (χ1n) is 2.77.